The minimum Gasteiger partial charge on any atom is -0.200 e. The Morgan fingerprint density at radius 1 is 1.24 bits per heavy atom. The minimum atomic E-state index is -3.55. The van der Waals surface area contributed by atoms with Crippen LogP contribution in [0.2, 0.25) is 0 Å². The number of benzene rings is 1. The first-order valence-corrected chi connectivity index (χ1v) is 9.18. The van der Waals surface area contributed by atoms with E-state index < -0.39 is 10.0 Å². The van der Waals surface area contributed by atoms with Crippen LogP contribution in [0.1, 0.15) is 51.5 Å². The summed E-state index contributed by atoms with van der Waals surface area (Å²) in [5.41, 5.74) is 2.12. The molecular formula is C16H24N2O2S. The monoisotopic (exact) mass is 308 g/mol. The van der Waals surface area contributed by atoms with Crippen LogP contribution in [0.4, 0.5) is 0 Å². The molecule has 1 aromatic rings. The standard InChI is InChI=1S/C16H24N2O2S/c1-3-6-14-9-11-15(12-10-14)21(19,20)18-17-16-8-5-4-7-13(16)2/h9-13,18H,3-8H2,1-2H3/b17-16+. The molecular weight excluding hydrogens is 284 g/mol. The Bertz CT molecular complexity index is 591. The van der Waals surface area contributed by atoms with Crippen LogP contribution in [0, 0.1) is 5.92 Å². The smallest absolute Gasteiger partial charge is 0.200 e. The van der Waals surface area contributed by atoms with Crippen molar-refractivity contribution < 1.29 is 8.42 Å². The van der Waals surface area contributed by atoms with Crippen LogP contribution in [0.25, 0.3) is 0 Å². The molecule has 0 amide bonds. The Hall–Kier alpha value is -1.36. The van der Waals surface area contributed by atoms with Gasteiger partial charge < -0.3 is 0 Å². The summed E-state index contributed by atoms with van der Waals surface area (Å²) in [5, 5.41) is 4.15. The summed E-state index contributed by atoms with van der Waals surface area (Å²) in [7, 11) is -3.55. The van der Waals surface area contributed by atoms with Crippen LogP contribution in [0.3, 0.4) is 0 Å². The second-order valence-corrected chi connectivity index (χ2v) is 7.40. The number of hydrazone groups is 1. The largest absolute Gasteiger partial charge is 0.276 e. The highest BCUT2D eigenvalue weighted by Crippen LogP contribution is 2.21. The van der Waals surface area contributed by atoms with Gasteiger partial charge in [-0.25, -0.2) is 4.83 Å². The SMILES string of the molecule is CCCc1ccc(S(=O)(=O)N/N=C2\CCCCC2C)cc1. The van der Waals surface area contributed by atoms with Crippen LogP contribution < -0.4 is 4.83 Å². The molecule has 1 N–H and O–H groups in total. The van der Waals surface area contributed by atoms with Gasteiger partial charge in [0.05, 0.1) is 4.90 Å². The fraction of sp³-hybridized carbons (Fsp3) is 0.562. The number of nitrogens with one attached hydrogen (secondary N) is 1. The molecule has 0 bridgehead atoms. The highest BCUT2D eigenvalue weighted by molar-refractivity contribution is 7.89. The van der Waals surface area contributed by atoms with Gasteiger partial charge >= 0.3 is 0 Å². The van der Waals surface area contributed by atoms with E-state index in [-0.39, 0.29) is 4.90 Å². The maximum absolute atomic E-state index is 12.2. The number of sulfonamides is 1. The summed E-state index contributed by atoms with van der Waals surface area (Å²) in [5.74, 6) is 0.369. The highest BCUT2D eigenvalue weighted by atomic mass is 32.2. The maximum atomic E-state index is 12.2. The quantitative estimate of drug-likeness (QED) is 0.847. The van der Waals surface area contributed by atoms with Gasteiger partial charge in [0.15, 0.2) is 0 Å². The summed E-state index contributed by atoms with van der Waals surface area (Å²) >= 11 is 0. The van der Waals surface area contributed by atoms with Gasteiger partial charge in [0.2, 0.25) is 0 Å². The average molecular weight is 308 g/mol. The molecule has 0 saturated heterocycles. The number of hydrogen-bond donors (Lipinski definition) is 1. The zero-order chi connectivity index (χ0) is 15.3. The fourth-order valence-corrected chi connectivity index (χ4v) is 3.47. The van der Waals surface area contributed by atoms with E-state index in [1.54, 1.807) is 12.1 Å². The van der Waals surface area contributed by atoms with E-state index in [1.165, 1.54) is 6.42 Å². The molecule has 21 heavy (non-hydrogen) atoms. The zero-order valence-corrected chi connectivity index (χ0v) is 13.6. The third kappa shape index (κ3) is 4.30. The van der Waals surface area contributed by atoms with Gasteiger partial charge in [0.1, 0.15) is 0 Å². The minimum absolute atomic E-state index is 0.273. The molecule has 0 radical (unpaired) electrons. The van der Waals surface area contributed by atoms with Gasteiger partial charge in [0.25, 0.3) is 10.0 Å². The molecule has 0 spiro atoms. The van der Waals surface area contributed by atoms with Crippen molar-refractivity contribution in [3.8, 4) is 0 Å². The van der Waals surface area contributed by atoms with Crippen molar-refractivity contribution in [2.24, 2.45) is 11.0 Å². The van der Waals surface area contributed by atoms with Crippen molar-refractivity contribution in [2.75, 3.05) is 0 Å². The second-order valence-electron chi connectivity index (χ2n) is 5.74. The molecule has 4 nitrogen and oxygen atoms in total. The van der Waals surface area contributed by atoms with Crippen molar-refractivity contribution in [3.63, 3.8) is 0 Å². The van der Waals surface area contributed by atoms with Crippen molar-refractivity contribution >= 4 is 15.7 Å². The summed E-state index contributed by atoms with van der Waals surface area (Å²) in [6, 6.07) is 7.04. The molecule has 116 valence electrons. The summed E-state index contributed by atoms with van der Waals surface area (Å²) in [6.07, 6.45) is 6.29. The van der Waals surface area contributed by atoms with E-state index in [0.29, 0.717) is 5.92 Å². The van der Waals surface area contributed by atoms with E-state index in [9.17, 15) is 8.42 Å². The number of nitrogens with zero attached hydrogens (tertiary/aromatic N) is 1. The van der Waals surface area contributed by atoms with Crippen LogP contribution in [-0.4, -0.2) is 14.1 Å². The van der Waals surface area contributed by atoms with E-state index >= 15 is 0 Å². The van der Waals surface area contributed by atoms with Gasteiger partial charge in [-0.1, -0.05) is 38.8 Å². The lowest BCUT2D eigenvalue weighted by molar-refractivity contribution is 0.552. The van der Waals surface area contributed by atoms with Crippen LogP contribution in [-0.2, 0) is 16.4 Å². The average Bonchev–Trinajstić information content (AvgIpc) is 2.47. The van der Waals surface area contributed by atoms with E-state index in [1.807, 2.05) is 12.1 Å². The summed E-state index contributed by atoms with van der Waals surface area (Å²) in [6.45, 7) is 4.21. The van der Waals surface area contributed by atoms with Gasteiger partial charge in [-0.15, -0.1) is 0 Å². The first-order valence-electron chi connectivity index (χ1n) is 7.70. The molecule has 0 aromatic heterocycles. The predicted octanol–water partition coefficient (Wildman–Crippen LogP) is 3.48. The molecule has 0 heterocycles. The molecule has 0 aliphatic heterocycles. The molecule has 5 heteroatoms. The Morgan fingerprint density at radius 3 is 2.57 bits per heavy atom. The van der Waals surface area contributed by atoms with Crippen molar-refractivity contribution in [1.29, 1.82) is 0 Å². The second kappa shape index (κ2) is 7.07. The fourth-order valence-electron chi connectivity index (χ4n) is 2.63. The molecule has 1 aliphatic carbocycles. The van der Waals surface area contributed by atoms with E-state index in [2.05, 4.69) is 23.8 Å². The summed E-state index contributed by atoms with van der Waals surface area (Å²) in [4.78, 5) is 2.66. The topological polar surface area (TPSA) is 58.5 Å². The lowest BCUT2D eigenvalue weighted by Crippen LogP contribution is -2.24. The molecule has 1 aliphatic rings. The van der Waals surface area contributed by atoms with Crippen molar-refractivity contribution in [1.82, 2.24) is 4.83 Å². The zero-order valence-electron chi connectivity index (χ0n) is 12.8. The molecule has 1 aromatic carbocycles. The third-order valence-corrected chi connectivity index (χ3v) is 5.20. The molecule has 1 unspecified atom stereocenters. The Labute approximate surface area is 127 Å². The van der Waals surface area contributed by atoms with Gasteiger partial charge in [-0.05, 0) is 49.3 Å². The lowest BCUT2D eigenvalue weighted by Gasteiger charge is -2.20. The molecule has 1 atom stereocenters. The van der Waals surface area contributed by atoms with Gasteiger partial charge in [0, 0.05) is 5.71 Å². The van der Waals surface area contributed by atoms with E-state index in [0.717, 1.165) is 43.4 Å². The number of rotatable bonds is 5. The Kier molecular flexibility index (Phi) is 5.39. The van der Waals surface area contributed by atoms with Crippen LogP contribution in [0.5, 0.6) is 0 Å². The molecule has 1 saturated carbocycles. The van der Waals surface area contributed by atoms with Crippen LogP contribution >= 0.6 is 0 Å². The lowest BCUT2D eigenvalue weighted by atomic mass is 9.89. The van der Waals surface area contributed by atoms with Gasteiger partial charge in [-0.2, -0.15) is 13.5 Å². The maximum Gasteiger partial charge on any atom is 0.276 e. The number of hydrogen-bond acceptors (Lipinski definition) is 3. The van der Waals surface area contributed by atoms with Gasteiger partial charge in [-0.3, -0.25) is 0 Å². The normalized spacial score (nSPS) is 21.4. The third-order valence-electron chi connectivity index (χ3n) is 3.97. The summed E-state index contributed by atoms with van der Waals surface area (Å²) < 4.78 is 24.5. The first-order chi connectivity index (χ1) is 10.0. The predicted molar refractivity (Wildman–Crippen MR) is 85.8 cm³/mol. The molecule has 2 rings (SSSR count). The number of aryl methyl sites for hydroxylation is 1. The Morgan fingerprint density at radius 2 is 1.95 bits per heavy atom. The van der Waals surface area contributed by atoms with E-state index in [4.69, 9.17) is 0 Å². The molecule has 1 fully saturated rings. The van der Waals surface area contributed by atoms with Crippen molar-refractivity contribution in [3.05, 3.63) is 29.8 Å². The van der Waals surface area contributed by atoms with Crippen molar-refractivity contribution in [2.45, 2.75) is 57.3 Å². The highest BCUT2D eigenvalue weighted by Gasteiger charge is 2.18. The Balaban J connectivity index is 2.09. The van der Waals surface area contributed by atoms with Crippen LogP contribution in [0.15, 0.2) is 34.3 Å². The first kappa shape index (κ1) is 16.0.